The van der Waals surface area contributed by atoms with Crippen molar-refractivity contribution in [3.63, 3.8) is 0 Å². The number of nitrogens with zero attached hydrogens (tertiary/aromatic N) is 1. The first kappa shape index (κ1) is 16.1. The van der Waals surface area contributed by atoms with Crippen LogP contribution in [0.4, 0.5) is 0 Å². The van der Waals surface area contributed by atoms with Crippen LogP contribution in [-0.2, 0) is 4.79 Å². The van der Waals surface area contributed by atoms with E-state index in [4.69, 9.17) is 8.83 Å². The SMILES string of the molecule is C[NH+](C)CCN1C(=O)C(O)=C(C(=O)c2ccco2)[C@@H]1c1ccco1. The molecule has 3 rings (SSSR count). The predicted octanol–water partition coefficient (Wildman–Crippen LogP) is 0.595. The van der Waals surface area contributed by atoms with E-state index in [0.717, 1.165) is 4.90 Å². The van der Waals surface area contributed by atoms with Crippen LogP contribution < -0.4 is 4.90 Å². The van der Waals surface area contributed by atoms with E-state index in [1.807, 2.05) is 14.1 Å². The standard InChI is InChI=1S/C17H18N2O5/c1-18(2)7-8-19-14(11-5-3-9-23-11)13(16(21)17(19)22)15(20)12-6-4-10-24-12/h3-6,9-10,14,21H,7-8H2,1-2H3/p+1/t14-/m0/s1. The van der Waals surface area contributed by atoms with Crippen LogP contribution in [0.2, 0.25) is 0 Å². The van der Waals surface area contributed by atoms with E-state index >= 15 is 0 Å². The fourth-order valence-electron chi connectivity index (χ4n) is 2.74. The topological polar surface area (TPSA) is 88.3 Å². The van der Waals surface area contributed by atoms with Gasteiger partial charge in [-0.3, -0.25) is 9.59 Å². The zero-order valence-electron chi connectivity index (χ0n) is 13.5. The molecule has 2 aromatic rings. The van der Waals surface area contributed by atoms with Crippen LogP contribution in [0, 0.1) is 0 Å². The Morgan fingerprint density at radius 2 is 1.96 bits per heavy atom. The van der Waals surface area contributed by atoms with Crippen molar-refractivity contribution < 1.29 is 28.4 Å². The van der Waals surface area contributed by atoms with Gasteiger partial charge in [0.25, 0.3) is 5.91 Å². The Labute approximate surface area is 138 Å². The molecule has 1 aliphatic rings. The fourth-order valence-corrected chi connectivity index (χ4v) is 2.74. The number of likely N-dealkylation sites (N-methyl/N-ethyl adjacent to an activating group) is 1. The van der Waals surface area contributed by atoms with Crippen molar-refractivity contribution >= 4 is 11.7 Å². The summed E-state index contributed by atoms with van der Waals surface area (Å²) in [5.41, 5.74) is -0.0151. The van der Waals surface area contributed by atoms with E-state index in [0.29, 0.717) is 18.8 Å². The average molecular weight is 331 g/mol. The normalized spacial score (nSPS) is 18.0. The minimum atomic E-state index is -0.760. The summed E-state index contributed by atoms with van der Waals surface area (Å²) in [7, 11) is 3.93. The fraction of sp³-hybridized carbons (Fsp3) is 0.294. The third-order valence-electron chi connectivity index (χ3n) is 3.96. The number of aliphatic hydroxyl groups excluding tert-OH is 1. The van der Waals surface area contributed by atoms with Crippen molar-refractivity contribution in [3.8, 4) is 0 Å². The predicted molar refractivity (Wildman–Crippen MR) is 83.5 cm³/mol. The summed E-state index contributed by atoms with van der Waals surface area (Å²) in [6.07, 6.45) is 2.84. The van der Waals surface area contributed by atoms with E-state index in [9.17, 15) is 14.7 Å². The van der Waals surface area contributed by atoms with Crippen LogP contribution in [0.1, 0.15) is 22.4 Å². The molecule has 2 N–H and O–H groups in total. The van der Waals surface area contributed by atoms with Gasteiger partial charge in [-0.1, -0.05) is 0 Å². The maximum absolute atomic E-state index is 12.7. The number of amides is 1. The molecule has 1 atom stereocenters. The van der Waals surface area contributed by atoms with Crippen molar-refractivity contribution in [2.24, 2.45) is 0 Å². The van der Waals surface area contributed by atoms with Gasteiger partial charge in [-0.2, -0.15) is 0 Å². The number of rotatable bonds is 6. The Morgan fingerprint density at radius 1 is 1.25 bits per heavy atom. The molecule has 1 amide bonds. The van der Waals surface area contributed by atoms with Crippen LogP contribution in [-0.4, -0.2) is 48.9 Å². The number of quaternary nitrogens is 1. The Morgan fingerprint density at radius 3 is 2.54 bits per heavy atom. The van der Waals surface area contributed by atoms with Gasteiger partial charge in [0.2, 0.25) is 5.78 Å². The van der Waals surface area contributed by atoms with Gasteiger partial charge >= 0.3 is 0 Å². The van der Waals surface area contributed by atoms with Crippen molar-refractivity contribution in [3.05, 3.63) is 59.6 Å². The number of Topliss-reactive ketones (excluding diaryl/α,β-unsaturated/α-hetero) is 1. The van der Waals surface area contributed by atoms with Crippen LogP contribution in [0.3, 0.4) is 0 Å². The molecule has 7 heteroatoms. The summed E-state index contributed by atoms with van der Waals surface area (Å²) in [6.45, 7) is 1.05. The summed E-state index contributed by atoms with van der Waals surface area (Å²) in [5.74, 6) is -1.15. The van der Waals surface area contributed by atoms with Crippen LogP contribution in [0.15, 0.2) is 57.0 Å². The molecule has 0 saturated carbocycles. The van der Waals surface area contributed by atoms with Gasteiger partial charge in [-0.05, 0) is 24.3 Å². The highest BCUT2D eigenvalue weighted by molar-refractivity contribution is 6.14. The third-order valence-corrected chi connectivity index (χ3v) is 3.96. The van der Waals surface area contributed by atoms with E-state index in [1.54, 1.807) is 18.2 Å². The molecule has 3 heterocycles. The zero-order chi connectivity index (χ0) is 17.3. The highest BCUT2D eigenvalue weighted by atomic mass is 16.3. The Kier molecular flexibility index (Phi) is 4.26. The van der Waals surface area contributed by atoms with E-state index in [2.05, 4.69) is 0 Å². The first-order chi connectivity index (χ1) is 11.5. The summed E-state index contributed by atoms with van der Waals surface area (Å²) in [4.78, 5) is 27.8. The van der Waals surface area contributed by atoms with Gasteiger partial charge in [0, 0.05) is 0 Å². The number of hydrogen-bond donors (Lipinski definition) is 2. The average Bonchev–Trinajstić information content (AvgIpc) is 3.27. The summed E-state index contributed by atoms with van der Waals surface area (Å²) >= 11 is 0. The zero-order valence-corrected chi connectivity index (χ0v) is 13.5. The molecule has 0 aromatic carbocycles. The smallest absolute Gasteiger partial charge is 0.290 e. The van der Waals surface area contributed by atoms with Gasteiger partial charge < -0.3 is 23.7 Å². The summed E-state index contributed by atoms with van der Waals surface area (Å²) in [5, 5.41) is 10.3. The molecule has 0 unspecified atom stereocenters. The second kappa shape index (κ2) is 6.37. The van der Waals surface area contributed by atoms with Crippen molar-refractivity contribution in [1.82, 2.24) is 4.90 Å². The quantitative estimate of drug-likeness (QED) is 0.757. The lowest BCUT2D eigenvalue weighted by Gasteiger charge is -2.24. The van der Waals surface area contributed by atoms with Gasteiger partial charge in [0.05, 0.1) is 45.3 Å². The van der Waals surface area contributed by atoms with Gasteiger partial charge in [-0.15, -0.1) is 0 Å². The maximum atomic E-state index is 12.7. The van der Waals surface area contributed by atoms with Gasteiger partial charge in [0.1, 0.15) is 11.8 Å². The lowest BCUT2D eigenvalue weighted by molar-refractivity contribution is -0.857. The molecule has 7 nitrogen and oxygen atoms in total. The summed E-state index contributed by atoms with van der Waals surface area (Å²) < 4.78 is 10.6. The molecular weight excluding hydrogens is 312 g/mol. The number of carbonyl (C=O) groups is 2. The number of ketones is 1. The molecule has 126 valence electrons. The second-order valence-corrected chi connectivity index (χ2v) is 5.94. The Balaban J connectivity index is 2.01. The second-order valence-electron chi connectivity index (χ2n) is 5.94. The molecule has 0 radical (unpaired) electrons. The number of carbonyl (C=O) groups excluding carboxylic acids is 2. The summed E-state index contributed by atoms with van der Waals surface area (Å²) in [6, 6.07) is 5.68. The van der Waals surface area contributed by atoms with Crippen molar-refractivity contribution in [1.29, 1.82) is 0 Å². The van der Waals surface area contributed by atoms with Crippen LogP contribution >= 0.6 is 0 Å². The monoisotopic (exact) mass is 331 g/mol. The van der Waals surface area contributed by atoms with Gasteiger partial charge in [0.15, 0.2) is 11.5 Å². The highest BCUT2D eigenvalue weighted by Gasteiger charge is 2.45. The van der Waals surface area contributed by atoms with E-state index < -0.39 is 23.5 Å². The lowest BCUT2D eigenvalue weighted by Crippen LogP contribution is -3.06. The largest absolute Gasteiger partial charge is 0.503 e. The molecule has 1 aliphatic heterocycles. The molecule has 0 fully saturated rings. The van der Waals surface area contributed by atoms with Crippen molar-refractivity contribution in [2.45, 2.75) is 6.04 Å². The Bertz CT molecular complexity index is 759. The van der Waals surface area contributed by atoms with E-state index in [1.165, 1.54) is 23.5 Å². The Hall–Kier alpha value is -2.80. The van der Waals surface area contributed by atoms with Crippen LogP contribution in [0.5, 0.6) is 0 Å². The van der Waals surface area contributed by atoms with Crippen LogP contribution in [0.25, 0.3) is 0 Å². The minimum Gasteiger partial charge on any atom is -0.503 e. The van der Waals surface area contributed by atoms with Gasteiger partial charge in [-0.25, -0.2) is 0 Å². The number of aliphatic hydroxyl groups is 1. The molecule has 2 aromatic heterocycles. The third kappa shape index (κ3) is 2.74. The number of hydrogen-bond acceptors (Lipinski definition) is 5. The lowest BCUT2D eigenvalue weighted by atomic mass is 10.00. The molecule has 0 saturated heterocycles. The molecule has 24 heavy (non-hydrogen) atoms. The molecule has 0 aliphatic carbocycles. The number of nitrogens with one attached hydrogen (secondary N) is 1. The maximum Gasteiger partial charge on any atom is 0.290 e. The number of furan rings is 2. The molecule has 0 spiro atoms. The molecule has 0 bridgehead atoms. The van der Waals surface area contributed by atoms with Crippen molar-refractivity contribution in [2.75, 3.05) is 27.2 Å². The molecular formula is C17H19N2O5+. The van der Waals surface area contributed by atoms with E-state index in [-0.39, 0.29) is 11.3 Å². The first-order valence-electron chi connectivity index (χ1n) is 7.65. The first-order valence-corrected chi connectivity index (χ1v) is 7.65. The highest BCUT2D eigenvalue weighted by Crippen LogP contribution is 2.38. The minimum absolute atomic E-state index is 0.0151.